The molecule has 0 amide bonds. The van der Waals surface area contributed by atoms with Crippen LogP contribution in [0.15, 0.2) is 17.6 Å². The van der Waals surface area contributed by atoms with Gasteiger partial charge < -0.3 is 14.6 Å². The Morgan fingerprint density at radius 2 is 2.22 bits per heavy atom. The smallest absolute Gasteiger partial charge is 0.271 e. The van der Waals surface area contributed by atoms with Crippen LogP contribution in [0.25, 0.3) is 0 Å². The predicted octanol–water partition coefficient (Wildman–Crippen LogP) is 1.08. The van der Waals surface area contributed by atoms with E-state index < -0.39 is 12.3 Å². The Balaban J connectivity index is 1.81. The number of hydrogen-bond donors (Lipinski definition) is 1. The SMILES string of the molecule is O=Nc1nccn1CC(O)CN1CCC(F)CC1. The van der Waals surface area contributed by atoms with E-state index >= 15 is 0 Å². The van der Waals surface area contributed by atoms with Crippen LogP contribution in [0.4, 0.5) is 10.3 Å². The lowest BCUT2D eigenvalue weighted by atomic mass is 10.1. The van der Waals surface area contributed by atoms with E-state index in [4.69, 9.17) is 0 Å². The molecule has 0 aliphatic carbocycles. The Morgan fingerprint density at radius 1 is 1.50 bits per heavy atom. The van der Waals surface area contributed by atoms with E-state index in [2.05, 4.69) is 10.2 Å². The van der Waals surface area contributed by atoms with Gasteiger partial charge in [0, 0.05) is 37.2 Å². The number of halogens is 1. The first-order valence-corrected chi connectivity index (χ1v) is 6.08. The molecule has 1 aromatic rings. The van der Waals surface area contributed by atoms with Crippen molar-refractivity contribution in [3.05, 3.63) is 17.3 Å². The molecule has 2 heterocycles. The molecule has 1 aromatic heterocycles. The molecule has 0 spiro atoms. The number of imidazole rings is 1. The van der Waals surface area contributed by atoms with E-state index in [-0.39, 0.29) is 12.5 Å². The van der Waals surface area contributed by atoms with Crippen molar-refractivity contribution in [3.8, 4) is 0 Å². The van der Waals surface area contributed by atoms with Crippen LogP contribution in [0.3, 0.4) is 0 Å². The van der Waals surface area contributed by atoms with Gasteiger partial charge in [-0.2, -0.15) is 0 Å². The number of β-amino-alcohol motifs (C(OH)–C–C–N with tert-alkyl or cyclic N) is 1. The molecule has 18 heavy (non-hydrogen) atoms. The van der Waals surface area contributed by atoms with Gasteiger partial charge in [0.15, 0.2) is 0 Å². The highest BCUT2D eigenvalue weighted by Crippen LogP contribution is 2.14. The number of nitroso groups, excluding NO2 is 1. The minimum Gasteiger partial charge on any atom is -0.390 e. The lowest BCUT2D eigenvalue weighted by Gasteiger charge is -2.30. The van der Waals surface area contributed by atoms with Crippen LogP contribution in [-0.4, -0.2) is 51.5 Å². The summed E-state index contributed by atoms with van der Waals surface area (Å²) in [7, 11) is 0. The van der Waals surface area contributed by atoms with Gasteiger partial charge >= 0.3 is 0 Å². The van der Waals surface area contributed by atoms with Crippen molar-refractivity contribution >= 4 is 5.95 Å². The van der Waals surface area contributed by atoms with Crippen molar-refractivity contribution in [1.29, 1.82) is 0 Å². The van der Waals surface area contributed by atoms with Gasteiger partial charge in [0.05, 0.1) is 12.6 Å². The number of aromatic nitrogens is 2. The molecule has 2 rings (SSSR count). The van der Waals surface area contributed by atoms with Crippen LogP contribution in [0, 0.1) is 4.91 Å². The molecule has 1 aliphatic heterocycles. The molecule has 0 radical (unpaired) electrons. The van der Waals surface area contributed by atoms with Gasteiger partial charge in [-0.15, -0.1) is 4.91 Å². The number of aliphatic hydroxyl groups excluding tert-OH is 1. The van der Waals surface area contributed by atoms with E-state index in [1.807, 2.05) is 4.90 Å². The summed E-state index contributed by atoms with van der Waals surface area (Å²) in [5.41, 5.74) is 0. The Kier molecular flexibility index (Phi) is 4.38. The van der Waals surface area contributed by atoms with Gasteiger partial charge in [0.25, 0.3) is 5.95 Å². The van der Waals surface area contributed by atoms with Crippen molar-refractivity contribution in [2.75, 3.05) is 19.6 Å². The van der Waals surface area contributed by atoms with Crippen molar-refractivity contribution in [3.63, 3.8) is 0 Å². The first kappa shape index (κ1) is 13.1. The topological polar surface area (TPSA) is 70.7 Å². The second-order valence-corrected chi connectivity index (χ2v) is 4.60. The third-order valence-electron chi connectivity index (χ3n) is 3.17. The van der Waals surface area contributed by atoms with Crippen LogP contribution in [0.5, 0.6) is 0 Å². The Bertz CT molecular complexity index is 390. The fourth-order valence-electron chi connectivity index (χ4n) is 2.21. The lowest BCUT2D eigenvalue weighted by molar-refractivity contribution is 0.0714. The van der Waals surface area contributed by atoms with Crippen LogP contribution in [0.2, 0.25) is 0 Å². The molecule has 1 unspecified atom stereocenters. The molecule has 1 N–H and O–H groups in total. The Hall–Kier alpha value is -1.34. The third-order valence-corrected chi connectivity index (χ3v) is 3.17. The lowest BCUT2D eigenvalue weighted by Crippen LogP contribution is -2.40. The van der Waals surface area contributed by atoms with Gasteiger partial charge in [-0.05, 0) is 12.8 Å². The summed E-state index contributed by atoms with van der Waals surface area (Å²) < 4.78 is 14.5. The summed E-state index contributed by atoms with van der Waals surface area (Å²) >= 11 is 0. The zero-order valence-electron chi connectivity index (χ0n) is 10.1. The second-order valence-electron chi connectivity index (χ2n) is 4.60. The van der Waals surface area contributed by atoms with Crippen LogP contribution in [-0.2, 0) is 6.54 Å². The monoisotopic (exact) mass is 256 g/mol. The molecular weight excluding hydrogens is 239 g/mol. The maximum Gasteiger partial charge on any atom is 0.271 e. The van der Waals surface area contributed by atoms with Crippen molar-refractivity contribution in [1.82, 2.24) is 14.5 Å². The number of hydrogen-bond acceptors (Lipinski definition) is 5. The number of rotatable bonds is 5. The normalized spacial score (nSPS) is 19.9. The average molecular weight is 256 g/mol. The number of alkyl halides is 1. The first-order valence-electron chi connectivity index (χ1n) is 6.08. The zero-order valence-corrected chi connectivity index (χ0v) is 10.1. The highest BCUT2D eigenvalue weighted by molar-refractivity contribution is 5.15. The molecule has 1 fully saturated rings. The first-order chi connectivity index (χ1) is 8.69. The molecule has 6 nitrogen and oxygen atoms in total. The molecule has 1 aliphatic rings. The average Bonchev–Trinajstić information content (AvgIpc) is 2.79. The molecule has 7 heteroatoms. The van der Waals surface area contributed by atoms with Gasteiger partial charge in [-0.1, -0.05) is 0 Å². The number of nitrogens with zero attached hydrogens (tertiary/aromatic N) is 4. The van der Waals surface area contributed by atoms with Crippen LogP contribution < -0.4 is 0 Å². The highest BCUT2D eigenvalue weighted by atomic mass is 19.1. The summed E-state index contributed by atoms with van der Waals surface area (Å²) in [6.07, 6.45) is 2.80. The van der Waals surface area contributed by atoms with E-state index in [0.29, 0.717) is 32.5 Å². The number of aliphatic hydroxyl groups is 1. The van der Waals surface area contributed by atoms with Gasteiger partial charge in [-0.25, -0.2) is 9.37 Å². The Labute approximate surface area is 104 Å². The predicted molar refractivity (Wildman–Crippen MR) is 64.3 cm³/mol. The summed E-state index contributed by atoms with van der Waals surface area (Å²) in [6.45, 7) is 2.09. The van der Waals surface area contributed by atoms with E-state index in [1.165, 1.54) is 10.8 Å². The van der Waals surface area contributed by atoms with Crippen LogP contribution in [0.1, 0.15) is 12.8 Å². The maximum atomic E-state index is 12.9. The fraction of sp³-hybridized carbons (Fsp3) is 0.727. The fourth-order valence-corrected chi connectivity index (χ4v) is 2.21. The molecule has 0 bridgehead atoms. The van der Waals surface area contributed by atoms with Crippen molar-refractivity contribution in [2.24, 2.45) is 5.18 Å². The molecular formula is C11H17FN4O2. The minimum absolute atomic E-state index is 0.0662. The second kappa shape index (κ2) is 6.01. The Morgan fingerprint density at radius 3 is 2.89 bits per heavy atom. The quantitative estimate of drug-likeness (QED) is 0.800. The summed E-state index contributed by atoms with van der Waals surface area (Å²) in [5.74, 6) is 0.0662. The zero-order chi connectivity index (χ0) is 13.0. The number of piperidine rings is 1. The van der Waals surface area contributed by atoms with E-state index in [9.17, 15) is 14.4 Å². The van der Waals surface area contributed by atoms with Gasteiger partial charge in [0.1, 0.15) is 6.17 Å². The molecule has 1 atom stereocenters. The van der Waals surface area contributed by atoms with Crippen LogP contribution >= 0.6 is 0 Å². The van der Waals surface area contributed by atoms with Crippen molar-refractivity contribution < 1.29 is 9.50 Å². The summed E-state index contributed by atoms with van der Waals surface area (Å²) in [6, 6.07) is 0. The van der Waals surface area contributed by atoms with Gasteiger partial charge in [0.2, 0.25) is 0 Å². The van der Waals surface area contributed by atoms with E-state index in [1.54, 1.807) is 6.20 Å². The third kappa shape index (κ3) is 3.33. The molecule has 0 aromatic carbocycles. The van der Waals surface area contributed by atoms with Crippen molar-refractivity contribution in [2.45, 2.75) is 31.7 Å². The summed E-state index contributed by atoms with van der Waals surface area (Å²) in [4.78, 5) is 16.2. The largest absolute Gasteiger partial charge is 0.390 e. The highest BCUT2D eigenvalue weighted by Gasteiger charge is 2.20. The number of likely N-dealkylation sites (tertiary alicyclic amines) is 1. The maximum absolute atomic E-state index is 12.9. The molecule has 100 valence electrons. The minimum atomic E-state index is -0.710. The standard InChI is InChI=1S/C11H17FN4O2/c12-9-1-4-15(5-2-9)7-10(17)8-16-6-3-13-11(16)14-18/h3,6,9-10,17H,1-2,4-5,7-8H2. The van der Waals surface area contributed by atoms with E-state index in [0.717, 1.165) is 0 Å². The summed E-state index contributed by atoms with van der Waals surface area (Å²) in [5, 5.41) is 12.7. The van der Waals surface area contributed by atoms with Gasteiger partial charge in [-0.3, -0.25) is 0 Å². The molecule has 0 saturated carbocycles. The molecule has 1 saturated heterocycles.